The second-order valence-electron chi connectivity index (χ2n) is 6.23. The van der Waals surface area contributed by atoms with Crippen LogP contribution in [0.3, 0.4) is 0 Å². The molecule has 0 bridgehead atoms. The third-order valence-corrected chi connectivity index (χ3v) is 5.29. The van der Waals surface area contributed by atoms with Crippen molar-refractivity contribution in [3.8, 4) is 5.75 Å². The van der Waals surface area contributed by atoms with E-state index in [4.69, 9.17) is 9.47 Å². The summed E-state index contributed by atoms with van der Waals surface area (Å²) in [5.41, 5.74) is 3.18. The van der Waals surface area contributed by atoms with Crippen LogP contribution in [0, 0.1) is 6.92 Å². The molecule has 6 heteroatoms. The zero-order valence-corrected chi connectivity index (χ0v) is 16.7. The second-order valence-corrected chi connectivity index (χ2v) is 7.24. The zero-order valence-electron chi connectivity index (χ0n) is 15.9. The number of carbonyl (C=O) groups is 1. The van der Waals surface area contributed by atoms with E-state index in [2.05, 4.69) is 4.99 Å². The molecular weight excluding hydrogens is 360 g/mol. The normalized spacial score (nSPS) is 11.9. The van der Waals surface area contributed by atoms with Gasteiger partial charge in [0.05, 0.1) is 30.4 Å². The van der Waals surface area contributed by atoms with Crippen molar-refractivity contribution < 1.29 is 14.3 Å². The maximum absolute atomic E-state index is 12.5. The summed E-state index contributed by atoms with van der Waals surface area (Å²) in [6.07, 6.45) is 0.295. The molecule has 0 fully saturated rings. The minimum Gasteiger partial charge on any atom is -0.497 e. The lowest BCUT2D eigenvalue weighted by Gasteiger charge is -2.06. The van der Waals surface area contributed by atoms with E-state index in [1.54, 1.807) is 7.11 Å². The third kappa shape index (κ3) is 4.84. The minimum absolute atomic E-state index is 0.150. The molecule has 0 radical (unpaired) electrons. The highest BCUT2D eigenvalue weighted by Gasteiger charge is 2.10. The zero-order chi connectivity index (χ0) is 19.2. The van der Waals surface area contributed by atoms with Crippen LogP contribution in [0.2, 0.25) is 0 Å². The van der Waals surface area contributed by atoms with Crippen molar-refractivity contribution in [3.05, 3.63) is 58.4 Å². The molecule has 1 heterocycles. The van der Waals surface area contributed by atoms with Gasteiger partial charge in [-0.25, -0.2) is 0 Å². The monoisotopic (exact) mass is 384 g/mol. The van der Waals surface area contributed by atoms with Crippen LogP contribution >= 0.6 is 11.3 Å². The van der Waals surface area contributed by atoms with E-state index in [0.29, 0.717) is 31.0 Å². The highest BCUT2D eigenvalue weighted by Crippen LogP contribution is 2.23. The topological polar surface area (TPSA) is 52.8 Å². The second kappa shape index (κ2) is 8.97. The van der Waals surface area contributed by atoms with Gasteiger partial charge >= 0.3 is 0 Å². The highest BCUT2D eigenvalue weighted by atomic mass is 32.1. The Labute approximate surface area is 162 Å². The van der Waals surface area contributed by atoms with E-state index >= 15 is 0 Å². The number of hydrogen-bond acceptors (Lipinski definition) is 4. The average molecular weight is 385 g/mol. The van der Waals surface area contributed by atoms with Gasteiger partial charge in [-0.2, -0.15) is 4.99 Å². The number of benzene rings is 2. The number of rotatable bonds is 7. The fourth-order valence-corrected chi connectivity index (χ4v) is 3.91. The number of aromatic nitrogens is 1. The first-order chi connectivity index (χ1) is 13.1. The maximum Gasteiger partial charge on any atom is 0.252 e. The molecule has 1 amide bonds. The molecule has 0 saturated carbocycles. The van der Waals surface area contributed by atoms with E-state index in [1.165, 1.54) is 16.9 Å². The van der Waals surface area contributed by atoms with E-state index < -0.39 is 0 Å². The summed E-state index contributed by atoms with van der Waals surface area (Å²) in [5, 5.41) is 0. The lowest BCUT2D eigenvalue weighted by molar-refractivity contribution is -0.117. The Balaban J connectivity index is 1.94. The first kappa shape index (κ1) is 19.3. The van der Waals surface area contributed by atoms with E-state index in [9.17, 15) is 4.79 Å². The molecule has 0 N–H and O–H groups in total. The summed E-state index contributed by atoms with van der Waals surface area (Å²) in [6.45, 7) is 5.89. The van der Waals surface area contributed by atoms with Crippen molar-refractivity contribution in [2.45, 2.75) is 26.8 Å². The van der Waals surface area contributed by atoms with E-state index in [0.717, 1.165) is 21.5 Å². The smallest absolute Gasteiger partial charge is 0.252 e. The van der Waals surface area contributed by atoms with Crippen LogP contribution in [0.4, 0.5) is 0 Å². The number of aryl methyl sites for hydroxylation is 1. The van der Waals surface area contributed by atoms with Crippen LogP contribution in [0.25, 0.3) is 10.2 Å². The Morgan fingerprint density at radius 3 is 2.67 bits per heavy atom. The Kier molecular flexibility index (Phi) is 6.42. The van der Waals surface area contributed by atoms with E-state index in [-0.39, 0.29) is 5.91 Å². The van der Waals surface area contributed by atoms with Gasteiger partial charge < -0.3 is 14.0 Å². The highest BCUT2D eigenvalue weighted by molar-refractivity contribution is 7.16. The molecule has 142 valence electrons. The summed E-state index contributed by atoms with van der Waals surface area (Å²) in [4.78, 5) is 17.6. The third-order valence-electron chi connectivity index (χ3n) is 4.25. The van der Waals surface area contributed by atoms with Gasteiger partial charge in [0.2, 0.25) is 0 Å². The molecule has 0 atom stereocenters. The van der Waals surface area contributed by atoms with E-state index in [1.807, 2.05) is 60.9 Å². The number of amides is 1. The molecule has 3 aromatic rings. The fraction of sp³-hybridized carbons (Fsp3) is 0.333. The van der Waals surface area contributed by atoms with Crippen molar-refractivity contribution in [2.75, 3.05) is 20.3 Å². The van der Waals surface area contributed by atoms with Crippen molar-refractivity contribution in [1.82, 2.24) is 4.57 Å². The Morgan fingerprint density at radius 2 is 1.96 bits per heavy atom. The number of carbonyl (C=O) groups excluding carboxylic acids is 1. The van der Waals surface area contributed by atoms with Gasteiger partial charge in [-0.3, -0.25) is 4.79 Å². The lowest BCUT2D eigenvalue weighted by atomic mass is 10.1. The average Bonchev–Trinajstić information content (AvgIpc) is 3.00. The van der Waals surface area contributed by atoms with Crippen LogP contribution in [-0.4, -0.2) is 30.8 Å². The van der Waals surface area contributed by atoms with Gasteiger partial charge in [0.1, 0.15) is 5.75 Å². The Morgan fingerprint density at radius 1 is 1.19 bits per heavy atom. The van der Waals surface area contributed by atoms with Gasteiger partial charge in [-0.1, -0.05) is 41.2 Å². The molecule has 5 nitrogen and oxygen atoms in total. The van der Waals surface area contributed by atoms with Crippen LogP contribution in [0.15, 0.2) is 47.5 Å². The van der Waals surface area contributed by atoms with Gasteiger partial charge in [-0.15, -0.1) is 0 Å². The molecule has 0 unspecified atom stereocenters. The first-order valence-electron chi connectivity index (χ1n) is 8.99. The van der Waals surface area contributed by atoms with Crippen molar-refractivity contribution in [1.29, 1.82) is 0 Å². The number of fused-ring (bicyclic) bond motifs is 1. The molecule has 2 aromatic carbocycles. The summed E-state index contributed by atoms with van der Waals surface area (Å²) >= 11 is 1.49. The van der Waals surface area contributed by atoms with Gasteiger partial charge in [-0.05, 0) is 37.6 Å². The molecule has 0 saturated heterocycles. The standard InChI is InChI=1S/C21H24N2O3S/c1-4-26-12-11-23-18-10-9-17(25-3)14-19(18)27-21(23)22-20(24)13-16-7-5-15(2)6-8-16/h5-10,14H,4,11-13H2,1-3H3. The molecule has 0 aliphatic heterocycles. The van der Waals surface area contributed by atoms with Crippen molar-refractivity contribution in [2.24, 2.45) is 4.99 Å². The molecular formula is C21H24N2O3S. The molecule has 0 aliphatic carbocycles. The molecule has 1 aromatic heterocycles. The largest absolute Gasteiger partial charge is 0.497 e. The fourth-order valence-electron chi connectivity index (χ4n) is 2.81. The summed E-state index contributed by atoms with van der Waals surface area (Å²) in [7, 11) is 1.65. The summed E-state index contributed by atoms with van der Waals surface area (Å²) in [6, 6.07) is 13.9. The number of methoxy groups -OCH3 is 1. The maximum atomic E-state index is 12.5. The minimum atomic E-state index is -0.150. The van der Waals surface area contributed by atoms with Crippen LogP contribution < -0.4 is 9.54 Å². The Hall–Kier alpha value is -2.44. The molecule has 0 spiro atoms. The van der Waals surface area contributed by atoms with Crippen LogP contribution in [-0.2, 0) is 22.5 Å². The van der Waals surface area contributed by atoms with Crippen LogP contribution in [0.5, 0.6) is 5.75 Å². The number of ether oxygens (including phenoxy) is 2. The first-order valence-corrected chi connectivity index (χ1v) is 9.80. The molecule has 27 heavy (non-hydrogen) atoms. The Bertz CT molecular complexity index is 987. The van der Waals surface area contributed by atoms with Crippen molar-refractivity contribution >= 4 is 27.5 Å². The summed E-state index contributed by atoms with van der Waals surface area (Å²) in [5.74, 6) is 0.640. The number of hydrogen-bond donors (Lipinski definition) is 0. The molecule has 3 rings (SSSR count). The van der Waals surface area contributed by atoms with Gasteiger partial charge in [0, 0.05) is 13.2 Å². The molecule has 0 aliphatic rings. The number of nitrogens with zero attached hydrogens (tertiary/aromatic N) is 2. The predicted molar refractivity (Wildman–Crippen MR) is 108 cm³/mol. The quantitative estimate of drug-likeness (QED) is 0.583. The van der Waals surface area contributed by atoms with Gasteiger partial charge in [0.25, 0.3) is 5.91 Å². The van der Waals surface area contributed by atoms with Crippen molar-refractivity contribution in [3.63, 3.8) is 0 Å². The lowest BCUT2D eigenvalue weighted by Crippen LogP contribution is -2.20. The van der Waals surface area contributed by atoms with Gasteiger partial charge in [0.15, 0.2) is 4.80 Å². The predicted octanol–water partition coefficient (Wildman–Crippen LogP) is 3.73. The number of thiazole rings is 1. The van der Waals surface area contributed by atoms with Crippen LogP contribution in [0.1, 0.15) is 18.1 Å². The summed E-state index contributed by atoms with van der Waals surface area (Å²) < 4.78 is 13.9. The SMILES string of the molecule is CCOCCn1c(=NC(=O)Cc2ccc(C)cc2)sc2cc(OC)ccc21.